The Kier molecular flexibility index (Phi) is 8.82. The van der Waals surface area contributed by atoms with Crippen LogP contribution in [0, 0.1) is 10.1 Å². The van der Waals surface area contributed by atoms with E-state index in [0.717, 1.165) is 32.3 Å². The summed E-state index contributed by atoms with van der Waals surface area (Å²) in [5.41, 5.74) is 2.96. The molecule has 3 aromatic carbocycles. The summed E-state index contributed by atoms with van der Waals surface area (Å²) in [6, 6.07) is 18.6. The number of anilines is 1. The summed E-state index contributed by atoms with van der Waals surface area (Å²) < 4.78 is 6.65. The smallest absolute Gasteiger partial charge is 0.294 e. The van der Waals surface area contributed by atoms with Gasteiger partial charge in [-0.15, -0.1) is 0 Å². The molecule has 1 heterocycles. The van der Waals surface area contributed by atoms with Crippen LogP contribution in [0.1, 0.15) is 36.5 Å². The molecule has 0 radical (unpaired) electrons. The van der Waals surface area contributed by atoms with Crippen LogP contribution in [-0.4, -0.2) is 33.4 Å². The average molecular weight is 610 g/mol. The van der Waals surface area contributed by atoms with Crippen LogP contribution in [0.3, 0.4) is 0 Å². The minimum absolute atomic E-state index is 0.0171. The number of carbonyl (C=O) groups excluding carboxylic acids is 3. The molecule has 0 saturated carbocycles. The van der Waals surface area contributed by atoms with Crippen molar-refractivity contribution in [2.24, 2.45) is 0 Å². The number of non-ortho nitro benzene ring substituents is 1. The first kappa shape index (κ1) is 28.1. The van der Waals surface area contributed by atoms with Crippen molar-refractivity contribution < 1.29 is 24.0 Å². The van der Waals surface area contributed by atoms with Crippen LogP contribution >= 0.6 is 27.7 Å². The zero-order chi connectivity index (χ0) is 28.1. The minimum Gasteiger partial charge on any atom is -0.488 e. The lowest BCUT2D eigenvalue weighted by Crippen LogP contribution is -2.36. The van der Waals surface area contributed by atoms with Gasteiger partial charge in [-0.3, -0.25) is 29.4 Å². The van der Waals surface area contributed by atoms with Gasteiger partial charge < -0.3 is 10.1 Å². The lowest BCUT2D eigenvalue weighted by atomic mass is 10.0. The Morgan fingerprint density at radius 3 is 2.44 bits per heavy atom. The van der Waals surface area contributed by atoms with E-state index in [1.807, 2.05) is 12.1 Å². The number of nitro benzene ring substituents is 1. The summed E-state index contributed by atoms with van der Waals surface area (Å²) in [5, 5.41) is 13.0. The molecule has 200 valence electrons. The number of thioether (sulfide) groups is 1. The largest absolute Gasteiger partial charge is 0.488 e. The lowest BCUT2D eigenvalue weighted by molar-refractivity contribution is -0.384. The van der Waals surface area contributed by atoms with E-state index >= 15 is 0 Å². The predicted octanol–water partition coefficient (Wildman–Crippen LogP) is 6.73. The standard InChI is InChI=1S/C28H24BrN3O6S/c1-17(2)19-5-8-22(9-6-19)30-26(33)15-31-27(34)25(39-28(31)35)14-20-13-21(29)7-12-24(20)38-16-18-3-10-23(11-4-18)32(36)37/h3-14,17H,15-16H2,1-2H3,(H,30,33)/b25-14-. The van der Waals surface area contributed by atoms with Gasteiger partial charge in [0, 0.05) is 27.9 Å². The Hall–Kier alpha value is -3.96. The molecule has 1 aliphatic heterocycles. The molecule has 0 spiro atoms. The summed E-state index contributed by atoms with van der Waals surface area (Å²) in [5.74, 6) is -0.247. The molecule has 4 rings (SSSR count). The topological polar surface area (TPSA) is 119 Å². The van der Waals surface area contributed by atoms with Crippen LogP contribution in [0.15, 0.2) is 76.1 Å². The van der Waals surface area contributed by atoms with Gasteiger partial charge in [-0.25, -0.2) is 0 Å². The summed E-state index contributed by atoms with van der Waals surface area (Å²) in [7, 11) is 0. The van der Waals surface area contributed by atoms with Crippen LogP contribution < -0.4 is 10.1 Å². The highest BCUT2D eigenvalue weighted by molar-refractivity contribution is 9.10. The Morgan fingerprint density at radius 1 is 1.10 bits per heavy atom. The maximum Gasteiger partial charge on any atom is 0.294 e. The number of imide groups is 1. The molecule has 3 aromatic rings. The SMILES string of the molecule is CC(C)c1ccc(NC(=O)CN2C(=O)S/C(=C\c3cc(Br)ccc3OCc3ccc([N+](=O)[O-])cc3)C2=O)cc1. The highest BCUT2D eigenvalue weighted by Crippen LogP contribution is 2.35. The second-order valence-corrected chi connectivity index (χ2v) is 10.9. The molecule has 1 saturated heterocycles. The molecule has 0 unspecified atom stereocenters. The molecule has 39 heavy (non-hydrogen) atoms. The van der Waals surface area contributed by atoms with Crippen molar-refractivity contribution in [3.05, 3.63) is 103 Å². The van der Waals surface area contributed by atoms with Gasteiger partial charge in [0.05, 0.1) is 9.83 Å². The number of halogens is 1. The second-order valence-electron chi connectivity index (χ2n) is 8.99. The van der Waals surface area contributed by atoms with E-state index in [2.05, 4.69) is 35.1 Å². The zero-order valence-electron chi connectivity index (χ0n) is 21.0. The predicted molar refractivity (Wildman–Crippen MR) is 153 cm³/mol. The number of amides is 3. The number of hydrogen-bond donors (Lipinski definition) is 1. The van der Waals surface area contributed by atoms with Gasteiger partial charge in [0.25, 0.3) is 16.8 Å². The highest BCUT2D eigenvalue weighted by atomic mass is 79.9. The van der Waals surface area contributed by atoms with E-state index < -0.39 is 28.5 Å². The maximum atomic E-state index is 13.0. The molecule has 1 N–H and O–H groups in total. The van der Waals surface area contributed by atoms with Crippen LogP contribution in [0.2, 0.25) is 0 Å². The van der Waals surface area contributed by atoms with Crippen LogP contribution in [0.5, 0.6) is 5.75 Å². The number of ether oxygens (including phenoxy) is 1. The summed E-state index contributed by atoms with van der Waals surface area (Å²) in [6.07, 6.45) is 1.55. The van der Waals surface area contributed by atoms with E-state index in [-0.39, 0.29) is 17.2 Å². The van der Waals surface area contributed by atoms with E-state index in [1.165, 1.54) is 12.1 Å². The summed E-state index contributed by atoms with van der Waals surface area (Å²) in [6.45, 7) is 3.88. The van der Waals surface area contributed by atoms with E-state index in [1.54, 1.807) is 48.5 Å². The van der Waals surface area contributed by atoms with Crippen molar-refractivity contribution >= 4 is 62.2 Å². The summed E-state index contributed by atoms with van der Waals surface area (Å²) >= 11 is 4.16. The second kappa shape index (κ2) is 12.3. The molecule has 0 aromatic heterocycles. The quantitative estimate of drug-likeness (QED) is 0.162. The average Bonchev–Trinajstić information content (AvgIpc) is 3.16. The van der Waals surface area contributed by atoms with Crippen molar-refractivity contribution in [1.82, 2.24) is 4.90 Å². The Balaban J connectivity index is 1.44. The zero-order valence-corrected chi connectivity index (χ0v) is 23.5. The van der Waals surface area contributed by atoms with Gasteiger partial charge in [-0.05, 0) is 77.3 Å². The van der Waals surface area contributed by atoms with Crippen LogP contribution in [-0.2, 0) is 16.2 Å². The van der Waals surface area contributed by atoms with Crippen molar-refractivity contribution in [2.45, 2.75) is 26.4 Å². The number of nitrogens with zero attached hydrogens (tertiary/aromatic N) is 2. The molecule has 0 aliphatic carbocycles. The molecule has 11 heteroatoms. The van der Waals surface area contributed by atoms with E-state index in [0.29, 0.717) is 22.9 Å². The third-order valence-corrected chi connectivity index (χ3v) is 7.24. The molecular formula is C28H24BrN3O6S. The lowest BCUT2D eigenvalue weighted by Gasteiger charge is -2.13. The first-order valence-electron chi connectivity index (χ1n) is 11.9. The van der Waals surface area contributed by atoms with Crippen LogP contribution in [0.25, 0.3) is 6.08 Å². The molecule has 1 aliphatic rings. The van der Waals surface area contributed by atoms with Crippen LogP contribution in [0.4, 0.5) is 16.2 Å². The van der Waals surface area contributed by atoms with Gasteiger partial charge in [0.15, 0.2) is 0 Å². The number of rotatable bonds is 9. The fourth-order valence-electron chi connectivity index (χ4n) is 3.71. The Bertz CT molecular complexity index is 1460. The van der Waals surface area contributed by atoms with Crippen molar-refractivity contribution in [3.63, 3.8) is 0 Å². The number of carbonyl (C=O) groups is 3. The maximum absolute atomic E-state index is 13.0. The number of nitrogens with one attached hydrogen (secondary N) is 1. The monoisotopic (exact) mass is 609 g/mol. The third-order valence-electron chi connectivity index (χ3n) is 5.84. The van der Waals surface area contributed by atoms with Crippen molar-refractivity contribution in [1.29, 1.82) is 0 Å². The minimum atomic E-state index is -0.573. The molecule has 3 amide bonds. The van der Waals surface area contributed by atoms with Crippen molar-refractivity contribution in [3.8, 4) is 5.75 Å². The molecule has 0 bridgehead atoms. The highest BCUT2D eigenvalue weighted by Gasteiger charge is 2.36. The summed E-state index contributed by atoms with van der Waals surface area (Å²) in [4.78, 5) is 49.6. The third kappa shape index (κ3) is 7.12. The fourth-order valence-corrected chi connectivity index (χ4v) is 4.92. The Labute approximate surface area is 237 Å². The first-order valence-corrected chi connectivity index (χ1v) is 13.5. The number of benzene rings is 3. The van der Waals surface area contributed by atoms with Gasteiger partial charge in [-0.1, -0.05) is 41.9 Å². The van der Waals surface area contributed by atoms with Gasteiger partial charge in [0.1, 0.15) is 18.9 Å². The van der Waals surface area contributed by atoms with Gasteiger partial charge >= 0.3 is 0 Å². The van der Waals surface area contributed by atoms with E-state index in [4.69, 9.17) is 4.74 Å². The fraction of sp³-hybridized carbons (Fsp3) is 0.179. The molecule has 1 fully saturated rings. The molecule has 0 atom stereocenters. The molecular weight excluding hydrogens is 586 g/mol. The van der Waals surface area contributed by atoms with Gasteiger partial charge in [-0.2, -0.15) is 0 Å². The van der Waals surface area contributed by atoms with E-state index in [9.17, 15) is 24.5 Å². The normalized spacial score (nSPS) is 14.3. The van der Waals surface area contributed by atoms with Crippen molar-refractivity contribution in [2.75, 3.05) is 11.9 Å². The van der Waals surface area contributed by atoms with Gasteiger partial charge in [0.2, 0.25) is 5.91 Å². The molecule has 9 nitrogen and oxygen atoms in total. The number of hydrogen-bond acceptors (Lipinski definition) is 7. The first-order chi connectivity index (χ1) is 18.6. The number of nitro groups is 1. The Morgan fingerprint density at radius 2 is 1.79 bits per heavy atom.